The van der Waals surface area contributed by atoms with Crippen molar-refractivity contribution >= 4 is 11.8 Å². The van der Waals surface area contributed by atoms with Gasteiger partial charge < -0.3 is 36.5 Å². The van der Waals surface area contributed by atoms with Crippen LogP contribution >= 0.6 is 0 Å². The molecular weight excluding hydrogens is 434 g/mol. The first-order valence-corrected chi connectivity index (χ1v) is 12.2. The lowest BCUT2D eigenvalue weighted by Crippen LogP contribution is -2.40. The van der Waals surface area contributed by atoms with Crippen LogP contribution in [-0.2, 0) is 9.53 Å². The Morgan fingerprint density at radius 3 is 2.53 bits per heavy atom. The number of amides is 2. The average molecular weight is 477 g/mol. The molecule has 1 aromatic rings. The Bertz CT molecular complexity index is 746. The lowest BCUT2D eigenvalue weighted by molar-refractivity contribution is -0.124. The average Bonchev–Trinajstić information content (AvgIpc) is 2.83. The number of benzene rings is 1. The van der Waals surface area contributed by atoms with Gasteiger partial charge in [0.1, 0.15) is 5.75 Å². The van der Waals surface area contributed by atoms with Crippen LogP contribution in [0.4, 0.5) is 0 Å². The highest BCUT2D eigenvalue weighted by Gasteiger charge is 2.23. The predicted molar refractivity (Wildman–Crippen MR) is 134 cm³/mol. The van der Waals surface area contributed by atoms with Crippen molar-refractivity contribution in [3.05, 3.63) is 35.4 Å². The molecule has 0 aromatic heterocycles. The molecule has 0 saturated heterocycles. The number of rotatable bonds is 18. The van der Waals surface area contributed by atoms with Gasteiger partial charge in [0.25, 0.3) is 5.91 Å². The van der Waals surface area contributed by atoms with Crippen molar-refractivity contribution in [3.8, 4) is 5.75 Å². The second kappa shape index (κ2) is 17.0. The van der Waals surface area contributed by atoms with Crippen molar-refractivity contribution in [1.82, 2.24) is 10.6 Å². The number of nitrogens with one attached hydrogen (secondary N) is 2. The minimum absolute atomic E-state index is 0.0133. The van der Waals surface area contributed by atoms with E-state index in [9.17, 15) is 15.1 Å². The number of methoxy groups -OCH3 is 1. The van der Waals surface area contributed by atoms with Gasteiger partial charge in [-0.2, -0.15) is 0 Å². The monoisotopic (exact) mass is 476 g/mol. The van der Waals surface area contributed by atoms with Crippen LogP contribution < -0.4 is 21.1 Å². The third-order valence-corrected chi connectivity index (χ3v) is 5.68. The maximum atomic E-state index is 12.7. The molecule has 0 spiro atoms. The van der Waals surface area contributed by atoms with Gasteiger partial charge >= 0.3 is 0 Å². The van der Waals surface area contributed by atoms with Crippen molar-refractivity contribution < 1.29 is 19.1 Å². The smallest absolute Gasteiger partial charge is 0.255 e. The van der Waals surface area contributed by atoms with Crippen LogP contribution in [0, 0.1) is 11.8 Å². The molecule has 4 atom stereocenters. The van der Waals surface area contributed by atoms with Gasteiger partial charge in [-0.05, 0) is 37.3 Å². The van der Waals surface area contributed by atoms with Gasteiger partial charge in [-0.15, -0.1) is 0 Å². The molecule has 0 saturated carbocycles. The second-order valence-corrected chi connectivity index (χ2v) is 8.87. The van der Waals surface area contributed by atoms with E-state index in [1.165, 1.54) is 0 Å². The fraction of sp³-hybridized carbons (Fsp3) is 0.680. The summed E-state index contributed by atoms with van der Waals surface area (Å²) in [6.45, 7) is 7.95. The summed E-state index contributed by atoms with van der Waals surface area (Å²) in [6.07, 6.45) is 3.58. The highest BCUT2D eigenvalue weighted by molar-refractivity contribution is 5.96. The van der Waals surface area contributed by atoms with Crippen LogP contribution in [0.5, 0.6) is 5.75 Å². The predicted octanol–water partition coefficient (Wildman–Crippen LogP) is 3.52. The fourth-order valence-electron chi connectivity index (χ4n) is 3.57. The Kier molecular flexibility index (Phi) is 14.8. The van der Waals surface area contributed by atoms with Gasteiger partial charge in [0, 0.05) is 51.2 Å². The van der Waals surface area contributed by atoms with Gasteiger partial charge in [0.2, 0.25) is 5.91 Å². The van der Waals surface area contributed by atoms with Gasteiger partial charge in [-0.25, -0.2) is 0 Å². The molecule has 0 fully saturated rings. The summed E-state index contributed by atoms with van der Waals surface area (Å²) in [5.41, 5.74) is 16.2. The minimum atomic E-state index is -0.519. The molecule has 0 heterocycles. The SMILES string of the molecule is CCCCNC(=O)[C@H](C)C[C@H](N)[C@H](C[C@@H](C)CNC(=O)c1ccccc1OCCCOC)N=[N-]. The van der Waals surface area contributed by atoms with E-state index in [2.05, 4.69) is 22.7 Å². The number of hydrogen-bond donors (Lipinski definition) is 3. The Morgan fingerprint density at radius 2 is 1.85 bits per heavy atom. The van der Waals surface area contributed by atoms with Gasteiger partial charge in [-0.3, -0.25) is 9.59 Å². The molecule has 192 valence electrons. The number of hydrogen-bond acceptors (Lipinski definition) is 6. The molecule has 0 aliphatic rings. The standard InChI is InChI=1S/C25H42N5O4/c1-5-6-12-28-24(31)19(3)16-21(26)22(30-27)15-18(2)17-29-25(32)20-10-7-8-11-23(20)34-14-9-13-33-4/h7-8,10-11,18-19,21-22H,5-6,9,12-17,26H2,1-4H3,(H,28,31)(H,29,32)/q-1/t18-,19-,21+,22+/m1/s1. The third kappa shape index (κ3) is 11.1. The third-order valence-electron chi connectivity index (χ3n) is 5.68. The summed E-state index contributed by atoms with van der Waals surface area (Å²) in [4.78, 5) is 24.9. The van der Waals surface area contributed by atoms with Crippen molar-refractivity contribution in [2.24, 2.45) is 22.7 Å². The number of carbonyl (C=O) groups excluding carboxylic acids is 2. The van der Waals surface area contributed by atoms with E-state index in [0.29, 0.717) is 50.5 Å². The van der Waals surface area contributed by atoms with Gasteiger partial charge in [-0.1, -0.05) is 39.3 Å². The number of nitrogens with zero attached hydrogens (tertiary/aromatic N) is 2. The molecule has 9 nitrogen and oxygen atoms in total. The molecule has 1 rings (SSSR count). The highest BCUT2D eigenvalue weighted by Crippen LogP contribution is 2.19. The largest absolute Gasteiger partial charge is 0.712 e. The molecule has 4 N–H and O–H groups in total. The number of nitrogens with two attached hydrogens (primary N) is 1. The molecule has 0 aliphatic carbocycles. The number of carbonyl (C=O) groups is 2. The van der Waals surface area contributed by atoms with Crippen molar-refractivity contribution in [2.75, 3.05) is 33.4 Å². The lowest BCUT2D eigenvalue weighted by atomic mass is 9.91. The summed E-state index contributed by atoms with van der Waals surface area (Å²) in [5.74, 6) is 0.00319. The van der Waals surface area contributed by atoms with E-state index in [1.807, 2.05) is 19.9 Å². The zero-order chi connectivity index (χ0) is 25.3. The summed E-state index contributed by atoms with van der Waals surface area (Å²) < 4.78 is 10.7. The van der Waals surface area contributed by atoms with E-state index in [1.54, 1.807) is 25.3 Å². The van der Waals surface area contributed by atoms with E-state index in [-0.39, 0.29) is 23.7 Å². The number of unbranched alkanes of at least 4 members (excludes halogenated alkanes) is 1. The summed E-state index contributed by atoms with van der Waals surface area (Å²) in [7, 11) is 1.63. The summed E-state index contributed by atoms with van der Waals surface area (Å²) >= 11 is 0. The van der Waals surface area contributed by atoms with Crippen LogP contribution in [0.3, 0.4) is 0 Å². The fourth-order valence-corrected chi connectivity index (χ4v) is 3.57. The Hall–Kier alpha value is -2.52. The van der Waals surface area contributed by atoms with Crippen molar-refractivity contribution in [2.45, 2.75) is 65.0 Å². The van der Waals surface area contributed by atoms with Crippen LogP contribution in [-0.4, -0.2) is 57.3 Å². The molecule has 0 radical (unpaired) electrons. The topological polar surface area (TPSA) is 137 Å². The van der Waals surface area contributed by atoms with Crippen LogP contribution in [0.25, 0.3) is 5.53 Å². The zero-order valence-electron chi connectivity index (χ0n) is 21.1. The molecule has 0 bridgehead atoms. The summed E-state index contributed by atoms with van der Waals surface area (Å²) in [5, 5.41) is 9.30. The van der Waals surface area contributed by atoms with E-state index < -0.39 is 12.1 Å². The van der Waals surface area contributed by atoms with Crippen LogP contribution in [0.2, 0.25) is 0 Å². The first-order valence-electron chi connectivity index (χ1n) is 12.2. The minimum Gasteiger partial charge on any atom is -0.712 e. The maximum absolute atomic E-state index is 12.7. The van der Waals surface area contributed by atoms with Gasteiger partial charge in [0.15, 0.2) is 0 Å². The number of para-hydroxylation sites is 1. The first kappa shape index (κ1) is 29.5. The Balaban J connectivity index is 2.53. The second-order valence-electron chi connectivity index (χ2n) is 8.87. The molecule has 0 unspecified atom stereocenters. The van der Waals surface area contributed by atoms with E-state index in [4.69, 9.17) is 15.2 Å². The quantitative estimate of drug-likeness (QED) is 0.220. The lowest BCUT2D eigenvalue weighted by Gasteiger charge is -2.27. The van der Waals surface area contributed by atoms with E-state index in [0.717, 1.165) is 19.3 Å². The van der Waals surface area contributed by atoms with Crippen molar-refractivity contribution in [1.29, 1.82) is 0 Å². The van der Waals surface area contributed by atoms with Gasteiger partial charge in [0.05, 0.1) is 12.2 Å². The summed E-state index contributed by atoms with van der Waals surface area (Å²) in [6, 6.07) is 6.13. The molecule has 2 amide bonds. The maximum Gasteiger partial charge on any atom is 0.255 e. The molecule has 9 heteroatoms. The Morgan fingerprint density at radius 1 is 1.12 bits per heavy atom. The zero-order valence-corrected chi connectivity index (χ0v) is 21.1. The highest BCUT2D eigenvalue weighted by atomic mass is 16.5. The van der Waals surface area contributed by atoms with E-state index >= 15 is 0 Å². The van der Waals surface area contributed by atoms with Crippen LogP contribution in [0.15, 0.2) is 29.4 Å². The molecular formula is C25H42N5O4-. The first-order chi connectivity index (χ1) is 16.3. The normalized spacial score (nSPS) is 14.5. The van der Waals surface area contributed by atoms with Crippen LogP contribution in [0.1, 0.15) is 63.2 Å². The Labute approximate surface area is 204 Å². The molecule has 1 aromatic carbocycles. The molecule has 0 aliphatic heterocycles. The number of ether oxygens (including phenoxy) is 2. The molecule has 34 heavy (non-hydrogen) atoms. The van der Waals surface area contributed by atoms with Crippen molar-refractivity contribution in [3.63, 3.8) is 0 Å².